The number of hydrogen-bond acceptors (Lipinski definition) is 5. The molecule has 2 aliphatic heterocycles. The number of benzene rings is 1. The molecule has 2 fully saturated rings. The lowest BCUT2D eigenvalue weighted by molar-refractivity contribution is -0.135. The van der Waals surface area contributed by atoms with Gasteiger partial charge in [-0.15, -0.1) is 0 Å². The maximum Gasteiger partial charge on any atom is 0.405 e. The van der Waals surface area contributed by atoms with Crippen LogP contribution in [-0.4, -0.2) is 53.2 Å². The molecule has 1 aromatic heterocycles. The number of aromatic nitrogens is 1. The molecule has 0 saturated carbocycles. The van der Waals surface area contributed by atoms with E-state index in [1.165, 1.54) is 24.4 Å². The van der Waals surface area contributed by atoms with Crippen molar-refractivity contribution in [2.45, 2.75) is 69.4 Å². The lowest BCUT2D eigenvalue weighted by Crippen LogP contribution is -2.55. The standard InChI is InChI=1S/C25H27ClF4N4O3/c1-24(2,37-20-7-4-15(27)9-19(20)26)23(36)33-16-10-17-5-6-18(11-16)34(17)21-8-3-14(12-31-21)22(35)32-13-25(28,29)30/h3-4,7-9,12,16-18H,5-6,10-11,13H2,1-2H3,(H,32,35)(H,33,36)/t16?,17-,18+. The van der Waals surface area contributed by atoms with Crippen LogP contribution >= 0.6 is 11.6 Å². The summed E-state index contributed by atoms with van der Waals surface area (Å²) < 4.78 is 56.2. The first kappa shape index (κ1) is 27.0. The summed E-state index contributed by atoms with van der Waals surface area (Å²) in [5.41, 5.74) is -1.20. The first-order valence-electron chi connectivity index (χ1n) is 11.9. The van der Waals surface area contributed by atoms with E-state index in [2.05, 4.69) is 15.2 Å². The average molecular weight is 543 g/mol. The summed E-state index contributed by atoms with van der Waals surface area (Å²) in [5.74, 6) is -0.819. The van der Waals surface area contributed by atoms with Gasteiger partial charge >= 0.3 is 6.18 Å². The van der Waals surface area contributed by atoms with E-state index in [4.69, 9.17) is 16.3 Å². The minimum atomic E-state index is -4.49. The molecule has 12 heteroatoms. The Morgan fingerprint density at radius 1 is 1.14 bits per heavy atom. The van der Waals surface area contributed by atoms with Gasteiger partial charge in [-0.2, -0.15) is 13.2 Å². The number of alkyl halides is 3. The van der Waals surface area contributed by atoms with Gasteiger partial charge in [0.15, 0.2) is 5.60 Å². The molecule has 37 heavy (non-hydrogen) atoms. The zero-order chi connectivity index (χ0) is 27.0. The van der Waals surface area contributed by atoms with Crippen molar-refractivity contribution >= 4 is 29.2 Å². The number of ether oxygens (including phenoxy) is 1. The van der Waals surface area contributed by atoms with Crippen LogP contribution in [-0.2, 0) is 4.79 Å². The van der Waals surface area contributed by atoms with Crippen molar-refractivity contribution in [3.63, 3.8) is 0 Å². The van der Waals surface area contributed by atoms with Crippen molar-refractivity contribution in [2.24, 2.45) is 0 Å². The van der Waals surface area contributed by atoms with Crippen molar-refractivity contribution in [2.75, 3.05) is 11.4 Å². The summed E-state index contributed by atoms with van der Waals surface area (Å²) in [6.45, 7) is 1.82. The lowest BCUT2D eigenvalue weighted by atomic mass is 9.96. The third-order valence-corrected chi connectivity index (χ3v) is 6.89. The molecule has 7 nitrogen and oxygen atoms in total. The first-order chi connectivity index (χ1) is 17.3. The number of pyridine rings is 1. The van der Waals surface area contributed by atoms with Crippen LogP contribution in [0.15, 0.2) is 36.5 Å². The van der Waals surface area contributed by atoms with Crippen LogP contribution in [0.3, 0.4) is 0 Å². The predicted molar refractivity (Wildman–Crippen MR) is 129 cm³/mol. The fourth-order valence-corrected chi connectivity index (χ4v) is 5.07. The molecule has 2 bridgehead atoms. The van der Waals surface area contributed by atoms with Gasteiger partial charge in [-0.05, 0) is 69.9 Å². The van der Waals surface area contributed by atoms with Gasteiger partial charge in [0.1, 0.15) is 23.9 Å². The molecular formula is C25H27ClF4N4O3. The monoisotopic (exact) mass is 542 g/mol. The number of halogens is 5. The Morgan fingerprint density at radius 2 is 1.81 bits per heavy atom. The van der Waals surface area contributed by atoms with E-state index >= 15 is 0 Å². The number of amides is 2. The Balaban J connectivity index is 1.35. The molecular weight excluding hydrogens is 516 g/mol. The predicted octanol–water partition coefficient (Wildman–Crippen LogP) is 4.64. The van der Waals surface area contributed by atoms with Crippen molar-refractivity contribution in [1.82, 2.24) is 15.6 Å². The summed E-state index contributed by atoms with van der Waals surface area (Å²) >= 11 is 6.04. The van der Waals surface area contributed by atoms with Crippen LogP contribution in [0.2, 0.25) is 5.02 Å². The fraction of sp³-hybridized carbons (Fsp3) is 0.480. The van der Waals surface area contributed by atoms with Gasteiger partial charge in [-0.1, -0.05) is 11.6 Å². The molecule has 1 aromatic carbocycles. The van der Waals surface area contributed by atoms with Gasteiger partial charge in [-0.25, -0.2) is 9.37 Å². The molecule has 3 atom stereocenters. The minimum absolute atomic E-state index is 0.0472. The van der Waals surface area contributed by atoms with E-state index in [1.807, 2.05) is 5.32 Å². The summed E-state index contributed by atoms with van der Waals surface area (Å²) in [6.07, 6.45) is -0.0718. The maximum atomic E-state index is 13.3. The minimum Gasteiger partial charge on any atom is -0.476 e. The van der Waals surface area contributed by atoms with E-state index in [9.17, 15) is 27.2 Å². The van der Waals surface area contributed by atoms with Crippen molar-refractivity contribution in [3.05, 3.63) is 52.9 Å². The van der Waals surface area contributed by atoms with E-state index in [0.29, 0.717) is 18.7 Å². The summed E-state index contributed by atoms with van der Waals surface area (Å²) in [5, 5.41) is 4.97. The highest BCUT2D eigenvalue weighted by atomic mass is 35.5. The van der Waals surface area contributed by atoms with Crippen LogP contribution in [0.4, 0.5) is 23.4 Å². The molecule has 4 rings (SSSR count). The SMILES string of the molecule is CC(C)(Oc1ccc(F)cc1Cl)C(=O)NC1C[C@H]2CC[C@@H](C1)N2c1ccc(C(=O)NCC(F)(F)F)cn1. The van der Waals surface area contributed by atoms with Gasteiger partial charge in [0, 0.05) is 24.3 Å². The molecule has 3 heterocycles. The van der Waals surface area contributed by atoms with E-state index < -0.39 is 30.0 Å². The van der Waals surface area contributed by atoms with Crippen molar-refractivity contribution in [3.8, 4) is 5.75 Å². The molecule has 1 unspecified atom stereocenters. The normalized spacial score (nSPS) is 21.5. The van der Waals surface area contributed by atoms with Gasteiger partial charge in [-0.3, -0.25) is 9.59 Å². The maximum absolute atomic E-state index is 13.3. The van der Waals surface area contributed by atoms with Crippen molar-refractivity contribution < 1.29 is 31.9 Å². The second-order valence-electron chi connectivity index (χ2n) is 9.82. The Labute approximate surface area is 216 Å². The highest BCUT2D eigenvalue weighted by Crippen LogP contribution is 2.39. The largest absolute Gasteiger partial charge is 0.476 e. The first-order valence-corrected chi connectivity index (χ1v) is 12.2. The molecule has 0 spiro atoms. The molecule has 2 saturated heterocycles. The lowest BCUT2D eigenvalue weighted by Gasteiger charge is -2.40. The molecule has 0 radical (unpaired) electrons. The third kappa shape index (κ3) is 6.44. The smallest absolute Gasteiger partial charge is 0.405 e. The quantitative estimate of drug-likeness (QED) is 0.498. The van der Waals surface area contributed by atoms with E-state index in [-0.39, 0.29) is 40.4 Å². The number of carbonyl (C=O) groups is 2. The topological polar surface area (TPSA) is 83.6 Å². The summed E-state index contributed by atoms with van der Waals surface area (Å²) in [4.78, 5) is 31.5. The molecule has 2 aromatic rings. The third-order valence-electron chi connectivity index (χ3n) is 6.60. The summed E-state index contributed by atoms with van der Waals surface area (Å²) in [7, 11) is 0. The van der Waals surface area contributed by atoms with Crippen LogP contribution < -0.4 is 20.3 Å². The Bertz CT molecular complexity index is 1150. The number of fused-ring (bicyclic) bond motifs is 2. The second kappa shape index (κ2) is 10.4. The van der Waals surface area contributed by atoms with Crippen molar-refractivity contribution in [1.29, 1.82) is 0 Å². The number of nitrogens with one attached hydrogen (secondary N) is 2. The molecule has 2 amide bonds. The van der Waals surface area contributed by atoms with Crippen LogP contribution in [0, 0.1) is 5.82 Å². The Kier molecular flexibility index (Phi) is 7.55. The van der Waals surface area contributed by atoms with Gasteiger partial charge in [0.25, 0.3) is 11.8 Å². The Hall–Kier alpha value is -3.08. The number of piperidine rings is 1. The second-order valence-corrected chi connectivity index (χ2v) is 10.2. The average Bonchev–Trinajstić information content (AvgIpc) is 3.09. The number of nitrogens with zero attached hydrogens (tertiary/aromatic N) is 2. The van der Waals surface area contributed by atoms with Gasteiger partial charge in [0.05, 0.1) is 10.6 Å². The van der Waals surface area contributed by atoms with Gasteiger partial charge in [0.2, 0.25) is 0 Å². The molecule has 2 aliphatic rings. The zero-order valence-corrected chi connectivity index (χ0v) is 21.0. The van der Waals surface area contributed by atoms with Crippen LogP contribution in [0.25, 0.3) is 0 Å². The summed E-state index contributed by atoms with van der Waals surface area (Å²) in [6, 6.07) is 6.92. The van der Waals surface area contributed by atoms with E-state index in [0.717, 1.165) is 18.9 Å². The number of rotatable bonds is 7. The molecule has 2 N–H and O–H groups in total. The zero-order valence-electron chi connectivity index (χ0n) is 20.2. The number of anilines is 1. The highest BCUT2D eigenvalue weighted by Gasteiger charge is 2.43. The highest BCUT2D eigenvalue weighted by molar-refractivity contribution is 6.32. The van der Waals surface area contributed by atoms with Gasteiger partial charge < -0.3 is 20.3 Å². The van der Waals surface area contributed by atoms with E-state index in [1.54, 1.807) is 19.9 Å². The number of carbonyl (C=O) groups excluding carboxylic acids is 2. The van der Waals surface area contributed by atoms with Crippen LogP contribution in [0.5, 0.6) is 5.75 Å². The van der Waals surface area contributed by atoms with Crippen LogP contribution in [0.1, 0.15) is 49.9 Å². The molecule has 0 aliphatic carbocycles. The Morgan fingerprint density at radius 3 is 2.38 bits per heavy atom. The molecule has 200 valence electrons. The fourth-order valence-electron chi connectivity index (χ4n) is 4.86. The number of hydrogen-bond donors (Lipinski definition) is 2.